The SMILES string of the molecule is Cc1cnc(NC(=O)c2cc3c(F)cccc3[nH]2)s1. The van der Waals surface area contributed by atoms with Gasteiger partial charge in [0.05, 0.1) is 0 Å². The molecule has 2 N–H and O–H groups in total. The highest BCUT2D eigenvalue weighted by Crippen LogP contribution is 2.21. The van der Waals surface area contributed by atoms with Gasteiger partial charge in [-0.25, -0.2) is 9.37 Å². The number of nitrogens with zero attached hydrogens (tertiary/aromatic N) is 1. The zero-order valence-electron chi connectivity index (χ0n) is 10.0. The van der Waals surface area contributed by atoms with Gasteiger partial charge in [-0.15, -0.1) is 11.3 Å². The molecule has 2 aromatic heterocycles. The number of benzene rings is 1. The molecule has 0 radical (unpaired) electrons. The van der Waals surface area contributed by atoms with Crippen molar-refractivity contribution >= 4 is 33.3 Å². The number of amides is 1. The number of rotatable bonds is 2. The average Bonchev–Trinajstić information content (AvgIpc) is 2.96. The molecule has 0 saturated carbocycles. The molecule has 0 fully saturated rings. The van der Waals surface area contributed by atoms with Crippen molar-refractivity contribution in [2.75, 3.05) is 5.32 Å². The maximum Gasteiger partial charge on any atom is 0.273 e. The van der Waals surface area contributed by atoms with Gasteiger partial charge in [0.1, 0.15) is 11.5 Å². The van der Waals surface area contributed by atoms with Gasteiger partial charge in [-0.05, 0) is 25.1 Å². The minimum Gasteiger partial charge on any atom is -0.350 e. The molecule has 2 heterocycles. The fraction of sp³-hybridized carbons (Fsp3) is 0.0769. The van der Waals surface area contributed by atoms with E-state index in [2.05, 4.69) is 15.3 Å². The van der Waals surface area contributed by atoms with E-state index in [1.165, 1.54) is 23.5 Å². The summed E-state index contributed by atoms with van der Waals surface area (Å²) in [4.78, 5) is 20.0. The van der Waals surface area contributed by atoms with Crippen molar-refractivity contribution in [1.29, 1.82) is 0 Å². The molecule has 6 heteroatoms. The number of fused-ring (bicyclic) bond motifs is 1. The number of halogens is 1. The van der Waals surface area contributed by atoms with Crippen LogP contribution in [0.3, 0.4) is 0 Å². The summed E-state index contributed by atoms with van der Waals surface area (Å²) in [6.45, 7) is 1.91. The summed E-state index contributed by atoms with van der Waals surface area (Å²) < 4.78 is 13.5. The van der Waals surface area contributed by atoms with Gasteiger partial charge in [0.25, 0.3) is 5.91 Å². The minimum atomic E-state index is -0.349. The zero-order valence-corrected chi connectivity index (χ0v) is 10.8. The topological polar surface area (TPSA) is 57.8 Å². The van der Waals surface area contributed by atoms with Crippen LogP contribution in [0.2, 0.25) is 0 Å². The second-order valence-corrected chi connectivity index (χ2v) is 5.35. The first-order chi connectivity index (χ1) is 9.13. The predicted molar refractivity (Wildman–Crippen MR) is 73.1 cm³/mol. The van der Waals surface area contributed by atoms with Crippen LogP contribution in [0.5, 0.6) is 0 Å². The third-order valence-electron chi connectivity index (χ3n) is 2.70. The second kappa shape index (κ2) is 4.47. The maximum atomic E-state index is 13.5. The number of aryl methyl sites for hydroxylation is 1. The summed E-state index contributed by atoms with van der Waals surface area (Å²) in [6, 6.07) is 6.19. The molecule has 0 atom stereocenters. The number of H-pyrrole nitrogens is 1. The van der Waals surface area contributed by atoms with Crippen LogP contribution in [0.15, 0.2) is 30.5 Å². The first-order valence-electron chi connectivity index (χ1n) is 5.64. The van der Waals surface area contributed by atoms with Crippen molar-refractivity contribution < 1.29 is 9.18 Å². The van der Waals surface area contributed by atoms with Crippen LogP contribution >= 0.6 is 11.3 Å². The van der Waals surface area contributed by atoms with Crippen molar-refractivity contribution in [3.63, 3.8) is 0 Å². The van der Waals surface area contributed by atoms with Gasteiger partial charge in [0, 0.05) is 22.0 Å². The minimum absolute atomic E-state index is 0.313. The van der Waals surface area contributed by atoms with Crippen LogP contribution in [-0.2, 0) is 0 Å². The van der Waals surface area contributed by atoms with E-state index in [1.54, 1.807) is 18.3 Å². The van der Waals surface area contributed by atoms with Crippen LogP contribution in [0.25, 0.3) is 10.9 Å². The second-order valence-electron chi connectivity index (χ2n) is 4.11. The Hall–Kier alpha value is -2.21. The quantitative estimate of drug-likeness (QED) is 0.753. The lowest BCUT2D eigenvalue weighted by Gasteiger charge is -1.97. The van der Waals surface area contributed by atoms with Gasteiger partial charge in [0.2, 0.25) is 0 Å². The summed E-state index contributed by atoms with van der Waals surface area (Å²) in [6.07, 6.45) is 1.69. The molecule has 96 valence electrons. The van der Waals surface area contributed by atoms with E-state index < -0.39 is 0 Å². The van der Waals surface area contributed by atoms with Crippen molar-refractivity contribution in [2.24, 2.45) is 0 Å². The molecule has 1 amide bonds. The third kappa shape index (κ3) is 2.22. The Morgan fingerprint density at radius 2 is 2.32 bits per heavy atom. The lowest BCUT2D eigenvalue weighted by molar-refractivity contribution is 0.102. The maximum absolute atomic E-state index is 13.5. The number of carbonyl (C=O) groups excluding carboxylic acids is 1. The summed E-state index contributed by atoms with van der Waals surface area (Å²) in [5.74, 6) is -0.678. The monoisotopic (exact) mass is 275 g/mol. The van der Waals surface area contributed by atoms with Gasteiger partial charge in [-0.2, -0.15) is 0 Å². The highest BCUT2D eigenvalue weighted by Gasteiger charge is 2.13. The molecule has 3 aromatic rings. The van der Waals surface area contributed by atoms with E-state index in [4.69, 9.17) is 0 Å². The van der Waals surface area contributed by atoms with Gasteiger partial charge in [-0.1, -0.05) is 6.07 Å². The molecule has 19 heavy (non-hydrogen) atoms. The Morgan fingerprint density at radius 3 is 3.00 bits per heavy atom. The molecule has 0 aliphatic heterocycles. The van der Waals surface area contributed by atoms with Crippen molar-refractivity contribution in [3.8, 4) is 0 Å². The van der Waals surface area contributed by atoms with Crippen LogP contribution in [0.4, 0.5) is 9.52 Å². The smallest absolute Gasteiger partial charge is 0.273 e. The van der Waals surface area contributed by atoms with Crippen molar-refractivity contribution in [2.45, 2.75) is 6.92 Å². The first-order valence-corrected chi connectivity index (χ1v) is 6.46. The van der Waals surface area contributed by atoms with Crippen molar-refractivity contribution in [3.05, 3.63) is 46.9 Å². The van der Waals surface area contributed by atoms with Gasteiger partial charge >= 0.3 is 0 Å². The average molecular weight is 275 g/mol. The predicted octanol–water partition coefficient (Wildman–Crippen LogP) is 3.32. The van der Waals surface area contributed by atoms with Crippen LogP contribution in [-0.4, -0.2) is 15.9 Å². The van der Waals surface area contributed by atoms with E-state index in [0.717, 1.165) is 4.88 Å². The molecule has 1 aromatic carbocycles. The number of hydrogen-bond donors (Lipinski definition) is 2. The first kappa shape index (κ1) is 11.9. The van der Waals surface area contributed by atoms with Crippen LogP contribution in [0, 0.1) is 12.7 Å². The molecule has 0 aliphatic rings. The molecule has 3 rings (SSSR count). The van der Waals surface area contributed by atoms with E-state index in [1.807, 2.05) is 6.92 Å². The number of thiazole rings is 1. The molecular weight excluding hydrogens is 265 g/mol. The number of carbonyl (C=O) groups is 1. The summed E-state index contributed by atoms with van der Waals surface area (Å²) >= 11 is 1.39. The third-order valence-corrected chi connectivity index (χ3v) is 3.53. The lowest BCUT2D eigenvalue weighted by Crippen LogP contribution is -2.11. The molecule has 0 aliphatic carbocycles. The number of aromatic nitrogens is 2. The molecule has 4 nitrogen and oxygen atoms in total. The standard InChI is InChI=1S/C13H10FN3OS/c1-7-6-15-13(19-7)17-12(18)11-5-8-9(14)3-2-4-10(8)16-11/h2-6,16H,1H3,(H,15,17,18). The van der Waals surface area contributed by atoms with E-state index in [9.17, 15) is 9.18 Å². The molecule has 0 bridgehead atoms. The van der Waals surface area contributed by atoms with Gasteiger partial charge in [-0.3, -0.25) is 10.1 Å². The summed E-state index contributed by atoms with van der Waals surface area (Å²) in [5.41, 5.74) is 0.911. The fourth-order valence-electron chi connectivity index (χ4n) is 1.82. The Kier molecular flexibility index (Phi) is 2.79. The molecule has 0 unspecified atom stereocenters. The van der Waals surface area contributed by atoms with Crippen molar-refractivity contribution in [1.82, 2.24) is 9.97 Å². The normalized spacial score (nSPS) is 10.8. The van der Waals surface area contributed by atoms with Crippen LogP contribution < -0.4 is 5.32 Å². The Bertz CT molecular complexity index is 762. The van der Waals surface area contributed by atoms with Gasteiger partial charge < -0.3 is 4.98 Å². The Morgan fingerprint density at radius 1 is 1.47 bits per heavy atom. The number of nitrogens with one attached hydrogen (secondary N) is 2. The number of hydrogen-bond acceptors (Lipinski definition) is 3. The summed E-state index contributed by atoms with van der Waals surface area (Å²) in [7, 11) is 0. The highest BCUT2D eigenvalue weighted by atomic mass is 32.1. The Balaban J connectivity index is 1.91. The summed E-state index contributed by atoms with van der Waals surface area (Å²) in [5, 5.41) is 3.61. The molecule has 0 saturated heterocycles. The molecule has 0 spiro atoms. The number of aromatic amines is 1. The number of anilines is 1. The highest BCUT2D eigenvalue weighted by molar-refractivity contribution is 7.15. The van der Waals surface area contributed by atoms with Gasteiger partial charge in [0.15, 0.2) is 5.13 Å². The van der Waals surface area contributed by atoms with E-state index >= 15 is 0 Å². The lowest BCUT2D eigenvalue weighted by atomic mass is 10.2. The largest absolute Gasteiger partial charge is 0.350 e. The molecular formula is C13H10FN3OS. The van der Waals surface area contributed by atoms with E-state index in [-0.39, 0.29) is 11.7 Å². The van der Waals surface area contributed by atoms with Crippen LogP contribution in [0.1, 0.15) is 15.4 Å². The van der Waals surface area contributed by atoms with E-state index in [0.29, 0.717) is 21.7 Å². The Labute approximate surface area is 112 Å². The fourth-order valence-corrected chi connectivity index (χ4v) is 2.48. The zero-order chi connectivity index (χ0) is 13.4.